The molecule has 17 heavy (non-hydrogen) atoms. The first-order chi connectivity index (χ1) is 8.16. The molecule has 0 bridgehead atoms. The van der Waals surface area contributed by atoms with Gasteiger partial charge in [-0.2, -0.15) is 5.10 Å². The van der Waals surface area contributed by atoms with Crippen molar-refractivity contribution < 1.29 is 0 Å². The Morgan fingerprint density at radius 1 is 1.24 bits per heavy atom. The van der Waals surface area contributed by atoms with Crippen LogP contribution in [0.25, 0.3) is 0 Å². The van der Waals surface area contributed by atoms with Gasteiger partial charge in [0, 0.05) is 25.8 Å². The molecule has 1 atom stereocenters. The van der Waals surface area contributed by atoms with Crippen molar-refractivity contribution in [2.75, 3.05) is 0 Å². The summed E-state index contributed by atoms with van der Waals surface area (Å²) >= 11 is 0. The summed E-state index contributed by atoms with van der Waals surface area (Å²) in [5.74, 6) is 0. The molecule has 0 aliphatic rings. The Hall–Kier alpha value is -1.61. The first-order valence-electron chi connectivity index (χ1n) is 5.93. The van der Waals surface area contributed by atoms with E-state index in [4.69, 9.17) is 0 Å². The Balaban J connectivity index is 1.94. The second-order valence-corrected chi connectivity index (χ2v) is 4.47. The van der Waals surface area contributed by atoms with Crippen LogP contribution in [0.1, 0.15) is 29.8 Å². The van der Waals surface area contributed by atoms with Gasteiger partial charge >= 0.3 is 0 Å². The molecular formula is C14H19N3. The van der Waals surface area contributed by atoms with Crippen LogP contribution < -0.4 is 5.32 Å². The molecule has 2 aromatic rings. The minimum atomic E-state index is 0.309. The minimum Gasteiger partial charge on any atom is -0.305 e. The first-order valence-corrected chi connectivity index (χ1v) is 5.93. The quantitative estimate of drug-likeness (QED) is 0.873. The fourth-order valence-corrected chi connectivity index (χ4v) is 1.89. The molecule has 3 heteroatoms. The largest absolute Gasteiger partial charge is 0.305 e. The Morgan fingerprint density at radius 3 is 2.53 bits per heavy atom. The number of hydrogen-bond donors (Lipinski definition) is 1. The van der Waals surface area contributed by atoms with Gasteiger partial charge in [-0.25, -0.2) is 0 Å². The maximum absolute atomic E-state index is 4.18. The average Bonchev–Trinajstić information content (AvgIpc) is 2.74. The number of hydrogen-bond acceptors (Lipinski definition) is 2. The molecule has 3 nitrogen and oxygen atoms in total. The molecule has 0 saturated heterocycles. The molecule has 1 aromatic carbocycles. The van der Waals surface area contributed by atoms with Crippen molar-refractivity contribution in [1.29, 1.82) is 0 Å². The Labute approximate surface area is 102 Å². The third-order valence-electron chi connectivity index (χ3n) is 3.04. The fraction of sp³-hybridized carbons (Fsp3) is 0.357. The highest BCUT2D eigenvalue weighted by atomic mass is 15.3. The zero-order valence-corrected chi connectivity index (χ0v) is 10.6. The summed E-state index contributed by atoms with van der Waals surface area (Å²) in [5.41, 5.74) is 3.81. The third kappa shape index (κ3) is 2.94. The highest BCUT2D eigenvalue weighted by Crippen LogP contribution is 2.11. The lowest BCUT2D eigenvalue weighted by Crippen LogP contribution is -2.20. The predicted octanol–water partition coefficient (Wildman–Crippen LogP) is 2.58. The molecule has 2 rings (SSSR count). The summed E-state index contributed by atoms with van der Waals surface area (Å²) in [4.78, 5) is 0. The number of aryl methyl sites for hydroxylation is 2. The summed E-state index contributed by atoms with van der Waals surface area (Å²) in [6, 6.07) is 11.0. The second kappa shape index (κ2) is 5.15. The summed E-state index contributed by atoms with van der Waals surface area (Å²) in [5, 5.41) is 7.68. The van der Waals surface area contributed by atoms with Crippen molar-refractivity contribution in [2.45, 2.75) is 26.4 Å². The van der Waals surface area contributed by atoms with E-state index in [9.17, 15) is 0 Å². The van der Waals surface area contributed by atoms with E-state index in [0.29, 0.717) is 6.04 Å². The van der Waals surface area contributed by atoms with E-state index in [1.807, 2.05) is 24.0 Å². The standard InChI is InChI=1S/C14H19N3/c1-11-4-6-13(7-5-11)10-15-12(2)14-8-9-16-17(14)3/h4-9,12,15H,10H2,1-3H3. The third-order valence-corrected chi connectivity index (χ3v) is 3.04. The molecule has 1 N–H and O–H groups in total. The van der Waals surface area contributed by atoms with E-state index in [2.05, 4.69) is 48.5 Å². The van der Waals surface area contributed by atoms with Gasteiger partial charge in [0.15, 0.2) is 0 Å². The van der Waals surface area contributed by atoms with Gasteiger partial charge in [-0.1, -0.05) is 29.8 Å². The summed E-state index contributed by atoms with van der Waals surface area (Å²) in [6.45, 7) is 5.15. The van der Waals surface area contributed by atoms with Gasteiger partial charge in [0.2, 0.25) is 0 Å². The number of benzene rings is 1. The predicted molar refractivity (Wildman–Crippen MR) is 69.6 cm³/mol. The van der Waals surface area contributed by atoms with E-state index in [1.165, 1.54) is 16.8 Å². The lowest BCUT2D eigenvalue weighted by atomic mass is 10.1. The van der Waals surface area contributed by atoms with Crippen LogP contribution in [0.2, 0.25) is 0 Å². The highest BCUT2D eigenvalue weighted by Gasteiger charge is 2.08. The SMILES string of the molecule is Cc1ccc(CNC(C)c2ccnn2C)cc1. The van der Waals surface area contributed by atoms with Crippen LogP contribution in [-0.4, -0.2) is 9.78 Å². The molecule has 90 valence electrons. The van der Waals surface area contributed by atoms with Gasteiger partial charge < -0.3 is 5.32 Å². The van der Waals surface area contributed by atoms with Crippen molar-refractivity contribution in [3.05, 3.63) is 53.3 Å². The van der Waals surface area contributed by atoms with Gasteiger partial charge in [0.05, 0.1) is 5.69 Å². The molecule has 1 unspecified atom stereocenters. The van der Waals surface area contributed by atoms with Gasteiger partial charge in [-0.3, -0.25) is 4.68 Å². The average molecular weight is 229 g/mol. The Kier molecular flexibility index (Phi) is 3.59. The van der Waals surface area contributed by atoms with E-state index in [0.717, 1.165) is 6.54 Å². The van der Waals surface area contributed by atoms with Crippen molar-refractivity contribution in [1.82, 2.24) is 15.1 Å². The molecule has 0 amide bonds. The highest BCUT2D eigenvalue weighted by molar-refractivity contribution is 5.21. The normalized spacial score (nSPS) is 12.6. The van der Waals surface area contributed by atoms with Crippen molar-refractivity contribution >= 4 is 0 Å². The molecule has 1 aromatic heterocycles. The van der Waals surface area contributed by atoms with Crippen LogP contribution in [0.15, 0.2) is 36.5 Å². The number of rotatable bonds is 4. The van der Waals surface area contributed by atoms with E-state index >= 15 is 0 Å². The van der Waals surface area contributed by atoms with Crippen LogP contribution in [0, 0.1) is 6.92 Å². The van der Waals surface area contributed by atoms with Crippen LogP contribution in [0.5, 0.6) is 0 Å². The van der Waals surface area contributed by atoms with Crippen molar-refractivity contribution in [3.8, 4) is 0 Å². The zero-order chi connectivity index (χ0) is 12.3. The molecule has 1 heterocycles. The monoisotopic (exact) mass is 229 g/mol. The zero-order valence-electron chi connectivity index (χ0n) is 10.6. The summed E-state index contributed by atoms with van der Waals surface area (Å²) in [6.07, 6.45) is 1.83. The molecule has 0 aliphatic heterocycles. The van der Waals surface area contributed by atoms with Crippen molar-refractivity contribution in [2.24, 2.45) is 7.05 Å². The van der Waals surface area contributed by atoms with Gasteiger partial charge in [0.25, 0.3) is 0 Å². The molecule has 0 spiro atoms. The summed E-state index contributed by atoms with van der Waals surface area (Å²) < 4.78 is 1.91. The molecule has 0 saturated carbocycles. The first kappa shape index (κ1) is 11.9. The minimum absolute atomic E-state index is 0.309. The van der Waals surface area contributed by atoms with Crippen LogP contribution in [-0.2, 0) is 13.6 Å². The van der Waals surface area contributed by atoms with Gasteiger partial charge in [-0.05, 0) is 25.5 Å². The number of aromatic nitrogens is 2. The van der Waals surface area contributed by atoms with Crippen molar-refractivity contribution in [3.63, 3.8) is 0 Å². The second-order valence-electron chi connectivity index (χ2n) is 4.47. The van der Waals surface area contributed by atoms with E-state index in [-0.39, 0.29) is 0 Å². The Morgan fingerprint density at radius 2 is 1.94 bits per heavy atom. The summed E-state index contributed by atoms with van der Waals surface area (Å²) in [7, 11) is 1.97. The van der Waals surface area contributed by atoms with E-state index < -0.39 is 0 Å². The van der Waals surface area contributed by atoms with Crippen LogP contribution in [0.4, 0.5) is 0 Å². The van der Waals surface area contributed by atoms with Gasteiger partial charge in [0.1, 0.15) is 0 Å². The fourth-order valence-electron chi connectivity index (χ4n) is 1.89. The van der Waals surface area contributed by atoms with E-state index in [1.54, 1.807) is 0 Å². The smallest absolute Gasteiger partial charge is 0.0547 e. The van der Waals surface area contributed by atoms with Crippen LogP contribution in [0.3, 0.4) is 0 Å². The Bertz CT molecular complexity index is 470. The maximum Gasteiger partial charge on any atom is 0.0547 e. The lowest BCUT2D eigenvalue weighted by Gasteiger charge is -2.14. The molecular weight excluding hydrogens is 210 g/mol. The number of nitrogens with zero attached hydrogens (tertiary/aromatic N) is 2. The lowest BCUT2D eigenvalue weighted by molar-refractivity contribution is 0.530. The molecule has 0 aliphatic carbocycles. The number of nitrogens with one attached hydrogen (secondary N) is 1. The molecule has 0 fully saturated rings. The van der Waals surface area contributed by atoms with Gasteiger partial charge in [-0.15, -0.1) is 0 Å². The van der Waals surface area contributed by atoms with Crippen LogP contribution >= 0.6 is 0 Å². The topological polar surface area (TPSA) is 29.9 Å². The molecule has 0 radical (unpaired) electrons. The maximum atomic E-state index is 4.18.